The van der Waals surface area contributed by atoms with Gasteiger partial charge in [-0.2, -0.15) is 0 Å². The Hall–Kier alpha value is -0.580. The molecule has 3 fully saturated rings. The third-order valence-corrected chi connectivity index (χ3v) is 4.86. The smallest absolute Gasteiger partial charge is 0.119 e. The van der Waals surface area contributed by atoms with E-state index in [-0.39, 0.29) is 23.1 Å². The molecule has 112 valence electrons. The Morgan fingerprint density at radius 3 is 2.50 bits per heavy atom. The lowest BCUT2D eigenvalue weighted by Crippen LogP contribution is -3.00. The minimum absolute atomic E-state index is 0. The van der Waals surface area contributed by atoms with Crippen LogP contribution in [0.15, 0.2) is 30.3 Å². The van der Waals surface area contributed by atoms with E-state index < -0.39 is 0 Å². The van der Waals surface area contributed by atoms with Gasteiger partial charge in [0.2, 0.25) is 0 Å². The average molecular weight is 342 g/mol. The van der Waals surface area contributed by atoms with Crippen molar-refractivity contribution in [1.29, 1.82) is 0 Å². The van der Waals surface area contributed by atoms with Gasteiger partial charge in [0.25, 0.3) is 0 Å². The first-order chi connectivity index (χ1) is 9.27. The average Bonchev–Trinajstić information content (AvgIpc) is 2.46. The van der Waals surface area contributed by atoms with Crippen LogP contribution in [0.1, 0.15) is 19.3 Å². The molecule has 1 aromatic rings. The third kappa shape index (κ3) is 3.54. The van der Waals surface area contributed by atoms with E-state index in [4.69, 9.17) is 4.74 Å². The normalized spacial score (nSPS) is 31.6. The number of halogens is 1. The molecule has 3 aliphatic rings. The Bertz CT molecular complexity index is 404. The SMILES string of the molecule is OC1C[N+]2(CCCOc3ccccc3)CCC1CC2.[Br-]. The van der Waals surface area contributed by atoms with Crippen LogP contribution < -0.4 is 21.7 Å². The third-order valence-electron chi connectivity index (χ3n) is 4.86. The highest BCUT2D eigenvalue weighted by Crippen LogP contribution is 2.33. The van der Waals surface area contributed by atoms with Gasteiger partial charge in [0.05, 0.1) is 26.2 Å². The second kappa shape index (κ2) is 6.92. The topological polar surface area (TPSA) is 29.5 Å². The number of aliphatic hydroxyl groups excluding tert-OH is 1. The van der Waals surface area contributed by atoms with Crippen molar-refractivity contribution in [3.8, 4) is 5.75 Å². The number of nitrogens with zero attached hydrogens (tertiary/aromatic N) is 1. The molecule has 1 unspecified atom stereocenters. The minimum atomic E-state index is -0.0578. The molecule has 3 nitrogen and oxygen atoms in total. The van der Waals surface area contributed by atoms with Crippen molar-refractivity contribution < 1.29 is 31.3 Å². The summed E-state index contributed by atoms with van der Waals surface area (Å²) in [5.41, 5.74) is 0. The zero-order valence-corrected chi connectivity index (χ0v) is 13.5. The van der Waals surface area contributed by atoms with Gasteiger partial charge in [-0.15, -0.1) is 0 Å². The number of ether oxygens (including phenoxy) is 1. The highest BCUT2D eigenvalue weighted by molar-refractivity contribution is 5.20. The van der Waals surface area contributed by atoms with Crippen molar-refractivity contribution in [2.75, 3.05) is 32.8 Å². The molecule has 0 spiro atoms. The number of fused-ring (bicyclic) bond motifs is 3. The highest BCUT2D eigenvalue weighted by Gasteiger charge is 2.44. The summed E-state index contributed by atoms with van der Waals surface area (Å²) < 4.78 is 6.87. The molecule has 3 saturated heterocycles. The molecule has 4 heteroatoms. The van der Waals surface area contributed by atoms with E-state index in [2.05, 4.69) is 0 Å². The monoisotopic (exact) mass is 341 g/mol. The van der Waals surface area contributed by atoms with Gasteiger partial charge >= 0.3 is 0 Å². The molecule has 0 amide bonds. The summed E-state index contributed by atoms with van der Waals surface area (Å²) in [6.45, 7) is 5.41. The molecule has 0 aliphatic carbocycles. The maximum absolute atomic E-state index is 10.1. The fourth-order valence-electron chi connectivity index (χ4n) is 3.67. The van der Waals surface area contributed by atoms with Gasteiger partial charge in [0.1, 0.15) is 18.4 Å². The molecule has 0 aromatic heterocycles. The molecule has 0 radical (unpaired) electrons. The quantitative estimate of drug-likeness (QED) is 0.553. The van der Waals surface area contributed by atoms with Gasteiger partial charge in [-0.3, -0.25) is 0 Å². The van der Waals surface area contributed by atoms with Crippen LogP contribution in [0.25, 0.3) is 0 Å². The Morgan fingerprint density at radius 2 is 1.85 bits per heavy atom. The summed E-state index contributed by atoms with van der Waals surface area (Å²) >= 11 is 0. The van der Waals surface area contributed by atoms with Crippen LogP contribution in [-0.2, 0) is 0 Å². The number of aliphatic hydroxyl groups is 1. The van der Waals surface area contributed by atoms with E-state index in [1.54, 1.807) is 0 Å². The van der Waals surface area contributed by atoms with E-state index in [1.807, 2.05) is 30.3 Å². The largest absolute Gasteiger partial charge is 1.00 e. The number of benzene rings is 1. The Balaban J connectivity index is 0.00000147. The molecule has 3 aliphatic heterocycles. The number of para-hydroxylation sites is 1. The van der Waals surface area contributed by atoms with Crippen molar-refractivity contribution in [2.45, 2.75) is 25.4 Å². The molecular weight excluding hydrogens is 318 g/mol. The zero-order valence-electron chi connectivity index (χ0n) is 11.9. The number of rotatable bonds is 5. The van der Waals surface area contributed by atoms with E-state index in [9.17, 15) is 5.11 Å². The van der Waals surface area contributed by atoms with E-state index in [1.165, 1.54) is 25.9 Å². The summed E-state index contributed by atoms with van der Waals surface area (Å²) in [4.78, 5) is 0. The Labute approximate surface area is 131 Å². The van der Waals surface area contributed by atoms with Gasteiger partial charge in [0.15, 0.2) is 0 Å². The number of piperidine rings is 3. The van der Waals surface area contributed by atoms with Gasteiger partial charge in [0, 0.05) is 25.2 Å². The van der Waals surface area contributed by atoms with Crippen LogP contribution in [0.3, 0.4) is 0 Å². The first-order valence-corrected chi connectivity index (χ1v) is 7.48. The molecular formula is C16H24BrNO2. The zero-order chi connectivity index (χ0) is 13.1. The van der Waals surface area contributed by atoms with Crippen LogP contribution >= 0.6 is 0 Å². The second-order valence-corrected chi connectivity index (χ2v) is 6.11. The summed E-state index contributed by atoms with van der Waals surface area (Å²) in [5, 5.41) is 10.1. The van der Waals surface area contributed by atoms with Crippen LogP contribution in [0.2, 0.25) is 0 Å². The van der Waals surface area contributed by atoms with Gasteiger partial charge in [-0.05, 0) is 12.1 Å². The molecule has 3 heterocycles. The lowest BCUT2D eigenvalue weighted by Gasteiger charge is -2.51. The highest BCUT2D eigenvalue weighted by atomic mass is 79.9. The second-order valence-electron chi connectivity index (χ2n) is 6.11. The van der Waals surface area contributed by atoms with Crippen LogP contribution in [0.5, 0.6) is 5.75 Å². The predicted octanol–water partition coefficient (Wildman–Crippen LogP) is -0.939. The lowest BCUT2D eigenvalue weighted by atomic mass is 9.83. The van der Waals surface area contributed by atoms with Crippen molar-refractivity contribution in [3.63, 3.8) is 0 Å². The van der Waals surface area contributed by atoms with Crippen LogP contribution in [0.4, 0.5) is 0 Å². The molecule has 1 N–H and O–H groups in total. The van der Waals surface area contributed by atoms with Crippen molar-refractivity contribution in [3.05, 3.63) is 30.3 Å². The first kappa shape index (κ1) is 15.8. The van der Waals surface area contributed by atoms with Crippen LogP contribution in [-0.4, -0.2) is 48.5 Å². The maximum atomic E-state index is 10.1. The van der Waals surface area contributed by atoms with Crippen molar-refractivity contribution in [2.24, 2.45) is 5.92 Å². The molecule has 1 aromatic carbocycles. The maximum Gasteiger partial charge on any atom is 0.119 e. The number of quaternary nitrogens is 1. The van der Waals surface area contributed by atoms with Crippen LogP contribution in [0, 0.1) is 5.92 Å². The fraction of sp³-hybridized carbons (Fsp3) is 0.625. The standard InChI is InChI=1S/C16H24NO2.BrH/c18-16-13-17(10-7-14(16)8-11-17)9-4-12-19-15-5-2-1-3-6-15;/h1-3,5-6,14,16,18H,4,7-13H2;1H/q+1;/p-1. The molecule has 4 rings (SSSR count). The summed E-state index contributed by atoms with van der Waals surface area (Å²) in [6, 6.07) is 10.0. The molecule has 0 saturated carbocycles. The first-order valence-electron chi connectivity index (χ1n) is 7.48. The van der Waals surface area contributed by atoms with E-state index in [0.717, 1.165) is 36.3 Å². The molecule has 20 heavy (non-hydrogen) atoms. The number of hydrogen-bond donors (Lipinski definition) is 1. The summed E-state index contributed by atoms with van der Waals surface area (Å²) in [5.74, 6) is 1.54. The molecule has 2 bridgehead atoms. The number of hydrogen-bond acceptors (Lipinski definition) is 2. The van der Waals surface area contributed by atoms with Gasteiger partial charge in [-0.1, -0.05) is 18.2 Å². The Kier molecular flexibility index (Phi) is 5.47. The minimum Gasteiger partial charge on any atom is -1.00 e. The Morgan fingerprint density at radius 1 is 1.15 bits per heavy atom. The lowest BCUT2D eigenvalue weighted by molar-refractivity contribution is -0.946. The summed E-state index contributed by atoms with van der Waals surface area (Å²) in [7, 11) is 0. The van der Waals surface area contributed by atoms with Crippen molar-refractivity contribution in [1.82, 2.24) is 0 Å². The summed E-state index contributed by atoms with van der Waals surface area (Å²) in [6.07, 6.45) is 3.44. The predicted molar refractivity (Wildman–Crippen MR) is 75.0 cm³/mol. The molecule has 1 atom stereocenters. The van der Waals surface area contributed by atoms with E-state index in [0.29, 0.717) is 5.92 Å². The van der Waals surface area contributed by atoms with E-state index >= 15 is 0 Å². The fourth-order valence-corrected chi connectivity index (χ4v) is 3.67. The van der Waals surface area contributed by atoms with Crippen molar-refractivity contribution >= 4 is 0 Å². The van der Waals surface area contributed by atoms with Gasteiger partial charge < -0.3 is 31.3 Å². The van der Waals surface area contributed by atoms with Gasteiger partial charge in [-0.25, -0.2) is 0 Å².